The van der Waals surface area contributed by atoms with E-state index in [9.17, 15) is 4.79 Å². The Kier molecular flexibility index (Phi) is 9.40. The summed E-state index contributed by atoms with van der Waals surface area (Å²) in [7, 11) is 0. The average molecular weight is 498 g/mol. The maximum Gasteiger partial charge on any atom is 0.241 e. The summed E-state index contributed by atoms with van der Waals surface area (Å²) in [6.45, 7) is 4.00. The summed E-state index contributed by atoms with van der Waals surface area (Å²) in [6.07, 6.45) is 1.83. The zero-order chi connectivity index (χ0) is 21.1. The van der Waals surface area contributed by atoms with E-state index in [2.05, 4.69) is 15.2 Å². The number of ether oxygens (including phenoxy) is 1. The van der Waals surface area contributed by atoms with Crippen molar-refractivity contribution in [3.8, 4) is 5.75 Å². The second-order valence-corrected chi connectivity index (χ2v) is 8.01. The summed E-state index contributed by atoms with van der Waals surface area (Å²) >= 11 is 5.90. The van der Waals surface area contributed by atoms with E-state index < -0.39 is 0 Å². The van der Waals surface area contributed by atoms with Crippen LogP contribution in [-0.2, 0) is 4.79 Å². The Labute approximate surface area is 205 Å². The first-order valence-corrected chi connectivity index (χ1v) is 10.5. The number of nitrogens with one attached hydrogen (secondary N) is 1. The van der Waals surface area contributed by atoms with Gasteiger partial charge in [-0.25, -0.2) is 0 Å². The first-order valence-electron chi connectivity index (χ1n) is 10.1. The molecule has 1 aliphatic rings. The molecule has 172 valence electrons. The summed E-state index contributed by atoms with van der Waals surface area (Å²) in [5, 5.41) is 4.57. The smallest absolute Gasteiger partial charge is 0.241 e. The first kappa shape index (κ1) is 26.0. The number of hydrogen-bond acceptors (Lipinski definition) is 5. The molecule has 3 N–H and O–H groups in total. The minimum absolute atomic E-state index is 0. The number of benzene rings is 2. The van der Waals surface area contributed by atoms with E-state index in [0.717, 1.165) is 47.4 Å². The molecule has 4 rings (SSSR count). The number of pyridine rings is 1. The molecule has 2 heterocycles. The van der Waals surface area contributed by atoms with Gasteiger partial charge in [-0.1, -0.05) is 11.6 Å². The minimum atomic E-state index is -0.164. The summed E-state index contributed by atoms with van der Waals surface area (Å²) < 4.78 is 5.79. The Bertz CT molecular complexity index is 1060. The third kappa shape index (κ3) is 6.17. The van der Waals surface area contributed by atoms with Crippen LogP contribution in [-0.4, -0.2) is 41.5 Å². The predicted molar refractivity (Wildman–Crippen MR) is 136 cm³/mol. The zero-order valence-electron chi connectivity index (χ0n) is 17.7. The summed E-state index contributed by atoms with van der Waals surface area (Å²) in [6, 6.07) is 14.6. The lowest BCUT2D eigenvalue weighted by molar-refractivity contribution is -0.120. The molecule has 0 aliphatic carbocycles. The third-order valence-corrected chi connectivity index (χ3v) is 5.62. The lowest BCUT2D eigenvalue weighted by atomic mass is 10.1. The number of aryl methyl sites for hydroxylation is 1. The highest BCUT2D eigenvalue weighted by Gasteiger charge is 2.30. The molecule has 2 aromatic carbocycles. The van der Waals surface area contributed by atoms with Crippen LogP contribution >= 0.6 is 36.4 Å². The lowest BCUT2D eigenvalue weighted by Gasteiger charge is -2.23. The topological polar surface area (TPSA) is 80.5 Å². The molecule has 0 bridgehead atoms. The van der Waals surface area contributed by atoms with Crippen molar-refractivity contribution in [2.75, 3.05) is 30.7 Å². The summed E-state index contributed by atoms with van der Waals surface area (Å²) in [4.78, 5) is 19.6. The van der Waals surface area contributed by atoms with Crippen LogP contribution < -0.4 is 15.8 Å². The van der Waals surface area contributed by atoms with Crippen LogP contribution in [0.4, 0.5) is 11.4 Å². The molecule has 0 unspecified atom stereocenters. The summed E-state index contributed by atoms with van der Waals surface area (Å²) in [5.74, 6) is 0.772. The molecule has 3 aromatic rings. The van der Waals surface area contributed by atoms with Crippen LogP contribution in [0, 0.1) is 6.92 Å². The van der Waals surface area contributed by atoms with Crippen molar-refractivity contribution in [1.29, 1.82) is 0 Å². The van der Waals surface area contributed by atoms with Crippen LogP contribution in [0.3, 0.4) is 0 Å². The monoisotopic (exact) mass is 496 g/mol. The number of likely N-dealkylation sites (tertiary alicyclic amines) is 1. The molecule has 32 heavy (non-hydrogen) atoms. The number of hydrogen-bond donors (Lipinski definition) is 2. The van der Waals surface area contributed by atoms with E-state index in [1.807, 2.05) is 43.3 Å². The number of aromatic nitrogens is 1. The number of carbonyl (C=O) groups is 1. The molecule has 9 heteroatoms. The number of rotatable bonds is 6. The Morgan fingerprint density at radius 3 is 2.72 bits per heavy atom. The average Bonchev–Trinajstić information content (AvgIpc) is 3.18. The van der Waals surface area contributed by atoms with Gasteiger partial charge < -0.3 is 15.8 Å². The summed E-state index contributed by atoms with van der Waals surface area (Å²) in [5.41, 5.74) is 9.22. The van der Waals surface area contributed by atoms with Crippen molar-refractivity contribution in [2.45, 2.75) is 25.8 Å². The minimum Gasteiger partial charge on any atom is -0.492 e. The molecular weight excluding hydrogens is 471 g/mol. The lowest BCUT2D eigenvalue weighted by Crippen LogP contribution is -2.41. The number of nitrogens with two attached hydrogens (primary N) is 1. The van der Waals surface area contributed by atoms with E-state index in [1.165, 1.54) is 0 Å². The number of anilines is 2. The third-order valence-electron chi connectivity index (χ3n) is 5.36. The second-order valence-electron chi connectivity index (χ2n) is 7.57. The van der Waals surface area contributed by atoms with E-state index in [-0.39, 0.29) is 36.8 Å². The Morgan fingerprint density at radius 1 is 1.22 bits per heavy atom. The molecule has 0 radical (unpaired) electrons. The molecule has 1 aromatic heterocycles. The number of carbonyl (C=O) groups excluding carboxylic acids is 1. The number of nitrogen functional groups attached to an aromatic ring is 1. The van der Waals surface area contributed by atoms with Gasteiger partial charge in [0.25, 0.3) is 0 Å². The standard InChI is InChI=1S/C23H25ClN4O2.2ClH/c1-15-13-20(25)19-14-17(6-9-21(19)26-15)27-23(29)22-3-2-10-28(22)11-12-30-18-7-4-16(24)5-8-18;;/h4-9,13-14,22H,2-3,10-12H2,1H3,(H2,25,26)(H,27,29);2*1H/t22-;;/m1../s1. The fraction of sp³-hybridized carbons (Fsp3) is 0.304. The largest absolute Gasteiger partial charge is 0.492 e. The van der Waals surface area contributed by atoms with E-state index >= 15 is 0 Å². The van der Waals surface area contributed by atoms with Crippen molar-refractivity contribution in [1.82, 2.24) is 9.88 Å². The van der Waals surface area contributed by atoms with Crippen molar-refractivity contribution in [2.24, 2.45) is 0 Å². The first-order chi connectivity index (χ1) is 14.5. The van der Waals surface area contributed by atoms with E-state index in [4.69, 9.17) is 22.1 Å². The second kappa shape index (κ2) is 11.6. The van der Waals surface area contributed by atoms with Gasteiger partial charge in [0.15, 0.2) is 0 Å². The van der Waals surface area contributed by atoms with Gasteiger partial charge in [-0.15, -0.1) is 24.8 Å². The molecule has 0 saturated carbocycles. The molecule has 0 spiro atoms. The normalized spacial score (nSPS) is 15.6. The predicted octanol–water partition coefficient (Wildman–Crippen LogP) is 5.10. The van der Waals surface area contributed by atoms with Crippen LogP contribution in [0.25, 0.3) is 10.9 Å². The van der Waals surface area contributed by atoms with Gasteiger partial charge in [0, 0.05) is 34.0 Å². The SMILES string of the molecule is Cc1cc(N)c2cc(NC(=O)[C@H]3CCCN3CCOc3ccc(Cl)cc3)ccc2n1.Cl.Cl. The van der Waals surface area contributed by atoms with E-state index in [1.54, 1.807) is 12.1 Å². The maximum atomic E-state index is 12.9. The molecule has 1 amide bonds. The highest BCUT2D eigenvalue weighted by atomic mass is 35.5. The van der Waals surface area contributed by atoms with Crippen molar-refractivity contribution >= 4 is 64.6 Å². The quantitative estimate of drug-likeness (QED) is 0.495. The van der Waals surface area contributed by atoms with Crippen LogP contribution in [0.5, 0.6) is 5.75 Å². The highest BCUT2D eigenvalue weighted by Crippen LogP contribution is 2.25. The molecule has 1 atom stereocenters. The van der Waals surface area contributed by atoms with Crippen LogP contribution in [0.15, 0.2) is 48.5 Å². The fourth-order valence-corrected chi connectivity index (χ4v) is 4.02. The van der Waals surface area contributed by atoms with Gasteiger partial charge >= 0.3 is 0 Å². The maximum absolute atomic E-state index is 12.9. The van der Waals surface area contributed by atoms with Gasteiger partial charge in [-0.05, 0) is 74.8 Å². The van der Waals surface area contributed by atoms with Crippen LogP contribution in [0.2, 0.25) is 5.02 Å². The Hall–Kier alpha value is -2.25. The molecule has 1 saturated heterocycles. The molecule has 1 fully saturated rings. The van der Waals surface area contributed by atoms with Gasteiger partial charge in [-0.3, -0.25) is 14.7 Å². The van der Waals surface area contributed by atoms with E-state index in [0.29, 0.717) is 23.9 Å². The molecular formula is C23H27Cl3N4O2. The highest BCUT2D eigenvalue weighted by molar-refractivity contribution is 6.30. The van der Waals surface area contributed by atoms with Crippen LogP contribution in [0.1, 0.15) is 18.5 Å². The fourth-order valence-electron chi connectivity index (χ4n) is 3.90. The number of halogens is 3. The number of amides is 1. The number of fused-ring (bicyclic) bond motifs is 1. The molecule has 1 aliphatic heterocycles. The van der Waals surface area contributed by atoms with Crippen molar-refractivity contribution in [3.05, 3.63) is 59.2 Å². The van der Waals surface area contributed by atoms with Crippen molar-refractivity contribution in [3.63, 3.8) is 0 Å². The van der Waals surface area contributed by atoms with Gasteiger partial charge in [0.05, 0.1) is 11.6 Å². The Balaban J connectivity index is 0.00000181. The number of nitrogens with zero attached hydrogens (tertiary/aromatic N) is 2. The van der Waals surface area contributed by atoms with Gasteiger partial charge in [0.2, 0.25) is 5.91 Å². The molecule has 6 nitrogen and oxygen atoms in total. The zero-order valence-corrected chi connectivity index (χ0v) is 20.1. The Morgan fingerprint density at radius 2 is 1.97 bits per heavy atom. The van der Waals surface area contributed by atoms with Crippen molar-refractivity contribution < 1.29 is 9.53 Å². The van der Waals surface area contributed by atoms with Gasteiger partial charge in [0.1, 0.15) is 12.4 Å². The van der Waals surface area contributed by atoms with Gasteiger partial charge in [-0.2, -0.15) is 0 Å².